The zero-order valence-corrected chi connectivity index (χ0v) is 10.1. The molecule has 0 atom stereocenters. The first kappa shape index (κ1) is 10.9. The maximum Gasteiger partial charge on any atom is 0.0346 e. The highest BCUT2D eigenvalue weighted by Crippen LogP contribution is 2.29. The standard InChI is InChI=1S/C15H17N/c1-11(2)15-9-12(3)6-7-14(15)13-5-4-8-16-10-13/h4-11H,1-3H3. The molecule has 82 valence electrons. The normalized spacial score (nSPS) is 10.8. The Hall–Kier alpha value is -1.63. The zero-order chi connectivity index (χ0) is 11.5. The molecule has 0 aliphatic carbocycles. The second kappa shape index (κ2) is 4.48. The molecule has 16 heavy (non-hydrogen) atoms. The van der Waals surface area contributed by atoms with Crippen molar-refractivity contribution in [1.82, 2.24) is 4.98 Å². The molecule has 1 aromatic heterocycles. The number of rotatable bonds is 2. The number of pyridine rings is 1. The monoisotopic (exact) mass is 211 g/mol. The third kappa shape index (κ3) is 2.13. The lowest BCUT2D eigenvalue weighted by Gasteiger charge is -2.13. The fourth-order valence-electron chi connectivity index (χ4n) is 1.94. The van der Waals surface area contributed by atoms with Gasteiger partial charge in [-0.1, -0.05) is 43.7 Å². The summed E-state index contributed by atoms with van der Waals surface area (Å²) in [5.41, 5.74) is 5.21. The van der Waals surface area contributed by atoms with Crippen LogP contribution in [-0.4, -0.2) is 4.98 Å². The van der Waals surface area contributed by atoms with Crippen LogP contribution in [0, 0.1) is 6.92 Å². The molecule has 0 aliphatic rings. The fourth-order valence-corrected chi connectivity index (χ4v) is 1.94. The summed E-state index contributed by atoms with van der Waals surface area (Å²) in [4.78, 5) is 4.18. The summed E-state index contributed by atoms with van der Waals surface area (Å²) < 4.78 is 0. The first-order valence-corrected chi connectivity index (χ1v) is 5.69. The van der Waals surface area contributed by atoms with Gasteiger partial charge in [0.1, 0.15) is 0 Å². The van der Waals surface area contributed by atoms with E-state index >= 15 is 0 Å². The number of benzene rings is 1. The molecule has 1 heteroatoms. The van der Waals surface area contributed by atoms with E-state index in [2.05, 4.69) is 50.0 Å². The second-order valence-corrected chi connectivity index (χ2v) is 4.49. The van der Waals surface area contributed by atoms with Gasteiger partial charge in [-0.05, 0) is 30.0 Å². The predicted molar refractivity (Wildman–Crippen MR) is 68.5 cm³/mol. The molecule has 0 saturated heterocycles. The predicted octanol–water partition coefficient (Wildman–Crippen LogP) is 4.18. The minimum absolute atomic E-state index is 0.537. The maximum atomic E-state index is 4.18. The highest BCUT2D eigenvalue weighted by Gasteiger charge is 2.08. The Morgan fingerprint density at radius 1 is 1.12 bits per heavy atom. The topological polar surface area (TPSA) is 12.9 Å². The van der Waals surface area contributed by atoms with Crippen molar-refractivity contribution >= 4 is 0 Å². The lowest BCUT2D eigenvalue weighted by Crippen LogP contribution is -1.93. The molecule has 0 saturated carbocycles. The maximum absolute atomic E-state index is 4.18. The summed E-state index contributed by atoms with van der Waals surface area (Å²) in [6.45, 7) is 6.60. The zero-order valence-electron chi connectivity index (χ0n) is 10.1. The van der Waals surface area contributed by atoms with Crippen LogP contribution >= 0.6 is 0 Å². The summed E-state index contributed by atoms with van der Waals surface area (Å²) in [5.74, 6) is 0.537. The van der Waals surface area contributed by atoms with Crippen LogP contribution in [0.5, 0.6) is 0 Å². The summed E-state index contributed by atoms with van der Waals surface area (Å²) in [7, 11) is 0. The van der Waals surface area contributed by atoms with Gasteiger partial charge in [-0.2, -0.15) is 0 Å². The second-order valence-electron chi connectivity index (χ2n) is 4.49. The van der Waals surface area contributed by atoms with E-state index in [9.17, 15) is 0 Å². The Labute approximate surface area is 97.2 Å². The summed E-state index contributed by atoms with van der Waals surface area (Å²) in [6, 6.07) is 10.7. The molecule has 0 aliphatic heterocycles. The molecular weight excluding hydrogens is 194 g/mol. The first-order valence-electron chi connectivity index (χ1n) is 5.69. The van der Waals surface area contributed by atoms with Crippen LogP contribution in [0.2, 0.25) is 0 Å². The van der Waals surface area contributed by atoms with Crippen molar-refractivity contribution in [2.75, 3.05) is 0 Å². The van der Waals surface area contributed by atoms with Crippen molar-refractivity contribution < 1.29 is 0 Å². The van der Waals surface area contributed by atoms with Crippen LogP contribution in [0.1, 0.15) is 30.9 Å². The Morgan fingerprint density at radius 2 is 1.94 bits per heavy atom. The van der Waals surface area contributed by atoms with Crippen LogP contribution < -0.4 is 0 Å². The molecule has 1 heterocycles. The fraction of sp³-hybridized carbons (Fsp3) is 0.267. The Bertz CT molecular complexity index is 472. The van der Waals surface area contributed by atoms with Gasteiger partial charge in [0.15, 0.2) is 0 Å². The van der Waals surface area contributed by atoms with Crippen LogP contribution in [0.15, 0.2) is 42.7 Å². The van der Waals surface area contributed by atoms with E-state index in [4.69, 9.17) is 0 Å². The molecule has 0 spiro atoms. The largest absolute Gasteiger partial charge is 0.264 e. The number of nitrogens with zero attached hydrogens (tertiary/aromatic N) is 1. The van der Waals surface area contributed by atoms with Gasteiger partial charge in [0.05, 0.1) is 0 Å². The number of hydrogen-bond donors (Lipinski definition) is 0. The molecule has 0 unspecified atom stereocenters. The highest BCUT2D eigenvalue weighted by atomic mass is 14.6. The summed E-state index contributed by atoms with van der Waals surface area (Å²) in [5, 5.41) is 0. The van der Waals surface area contributed by atoms with Gasteiger partial charge in [-0.15, -0.1) is 0 Å². The number of aryl methyl sites for hydroxylation is 1. The van der Waals surface area contributed by atoms with Gasteiger partial charge in [0.2, 0.25) is 0 Å². The van der Waals surface area contributed by atoms with Crippen molar-refractivity contribution in [2.24, 2.45) is 0 Å². The average Bonchev–Trinajstić information content (AvgIpc) is 2.30. The third-order valence-electron chi connectivity index (χ3n) is 2.80. The lowest BCUT2D eigenvalue weighted by atomic mass is 9.92. The SMILES string of the molecule is Cc1ccc(-c2cccnc2)c(C(C)C)c1. The molecule has 2 aromatic rings. The van der Waals surface area contributed by atoms with E-state index in [1.54, 1.807) is 0 Å². The van der Waals surface area contributed by atoms with Gasteiger partial charge in [0, 0.05) is 18.0 Å². The van der Waals surface area contributed by atoms with Crippen molar-refractivity contribution in [3.63, 3.8) is 0 Å². The van der Waals surface area contributed by atoms with Gasteiger partial charge < -0.3 is 0 Å². The van der Waals surface area contributed by atoms with Crippen LogP contribution in [0.3, 0.4) is 0 Å². The van der Waals surface area contributed by atoms with Gasteiger partial charge in [-0.3, -0.25) is 4.98 Å². The van der Waals surface area contributed by atoms with E-state index in [-0.39, 0.29) is 0 Å². The van der Waals surface area contributed by atoms with Gasteiger partial charge in [0.25, 0.3) is 0 Å². The minimum Gasteiger partial charge on any atom is -0.264 e. The molecule has 0 N–H and O–H groups in total. The Morgan fingerprint density at radius 3 is 2.56 bits per heavy atom. The average molecular weight is 211 g/mol. The van der Waals surface area contributed by atoms with E-state index in [1.807, 2.05) is 18.5 Å². The van der Waals surface area contributed by atoms with Crippen LogP contribution in [-0.2, 0) is 0 Å². The van der Waals surface area contributed by atoms with Crippen molar-refractivity contribution in [3.8, 4) is 11.1 Å². The lowest BCUT2D eigenvalue weighted by molar-refractivity contribution is 0.867. The van der Waals surface area contributed by atoms with E-state index < -0.39 is 0 Å². The third-order valence-corrected chi connectivity index (χ3v) is 2.80. The van der Waals surface area contributed by atoms with E-state index in [1.165, 1.54) is 22.3 Å². The molecule has 1 nitrogen and oxygen atoms in total. The molecule has 2 rings (SSSR count). The van der Waals surface area contributed by atoms with Crippen molar-refractivity contribution in [3.05, 3.63) is 53.9 Å². The Kier molecular flexibility index (Phi) is 3.04. The van der Waals surface area contributed by atoms with Crippen molar-refractivity contribution in [2.45, 2.75) is 26.7 Å². The molecule has 1 aromatic carbocycles. The number of hydrogen-bond acceptors (Lipinski definition) is 1. The molecule has 0 bridgehead atoms. The van der Waals surface area contributed by atoms with E-state index in [0.29, 0.717) is 5.92 Å². The summed E-state index contributed by atoms with van der Waals surface area (Å²) in [6.07, 6.45) is 3.74. The van der Waals surface area contributed by atoms with Crippen molar-refractivity contribution in [1.29, 1.82) is 0 Å². The smallest absolute Gasteiger partial charge is 0.0346 e. The Balaban J connectivity index is 2.57. The first-order chi connectivity index (χ1) is 7.68. The van der Waals surface area contributed by atoms with Crippen LogP contribution in [0.25, 0.3) is 11.1 Å². The minimum atomic E-state index is 0.537. The number of aromatic nitrogens is 1. The molecule has 0 fully saturated rings. The molecule has 0 radical (unpaired) electrons. The molecular formula is C15H17N. The quantitative estimate of drug-likeness (QED) is 0.726. The highest BCUT2D eigenvalue weighted by molar-refractivity contribution is 5.67. The summed E-state index contributed by atoms with van der Waals surface area (Å²) >= 11 is 0. The van der Waals surface area contributed by atoms with Gasteiger partial charge >= 0.3 is 0 Å². The van der Waals surface area contributed by atoms with Gasteiger partial charge in [-0.25, -0.2) is 0 Å². The van der Waals surface area contributed by atoms with Crippen LogP contribution in [0.4, 0.5) is 0 Å². The molecule has 0 amide bonds. The van der Waals surface area contributed by atoms with E-state index in [0.717, 1.165) is 0 Å².